The zero-order chi connectivity index (χ0) is 20.6. The number of benzene rings is 3. The monoisotopic (exact) mass is 401 g/mol. The van der Waals surface area contributed by atoms with Gasteiger partial charge >= 0.3 is 6.61 Å². The van der Waals surface area contributed by atoms with Crippen molar-refractivity contribution in [3.63, 3.8) is 0 Å². The molecule has 0 radical (unpaired) electrons. The van der Waals surface area contributed by atoms with Crippen molar-refractivity contribution in [3.8, 4) is 5.75 Å². The number of ether oxygens (including phenoxy) is 1. The summed E-state index contributed by atoms with van der Waals surface area (Å²) in [5.41, 5.74) is 1.88. The van der Waals surface area contributed by atoms with Crippen molar-refractivity contribution in [3.05, 3.63) is 95.8 Å². The first-order valence-corrected chi connectivity index (χ1v) is 9.00. The molecule has 0 saturated carbocycles. The van der Waals surface area contributed by atoms with Crippen molar-refractivity contribution in [1.29, 1.82) is 0 Å². The standard InChI is InChI=1S/C22H19F3N2O2/c23-18-8-4-5-9-19(18)27-20(28)14-26-21(15-6-2-1-3-7-15)16-10-12-17(13-11-16)29-22(24)25/h1-13,21-22,26H,14H2,(H,27,28)/p+1/t21-/m0/s1. The third-order valence-electron chi connectivity index (χ3n) is 4.31. The van der Waals surface area contributed by atoms with Crippen LogP contribution in [0.1, 0.15) is 17.2 Å². The van der Waals surface area contributed by atoms with Gasteiger partial charge in [0.05, 0.1) is 5.69 Å². The van der Waals surface area contributed by atoms with Crippen LogP contribution in [0.15, 0.2) is 78.9 Å². The Morgan fingerprint density at radius 1 is 0.897 bits per heavy atom. The van der Waals surface area contributed by atoms with Gasteiger partial charge in [0.2, 0.25) is 0 Å². The fraction of sp³-hybridized carbons (Fsp3) is 0.136. The van der Waals surface area contributed by atoms with Gasteiger partial charge in [-0.15, -0.1) is 0 Å². The van der Waals surface area contributed by atoms with Crippen molar-refractivity contribution in [1.82, 2.24) is 0 Å². The molecule has 3 aromatic carbocycles. The molecule has 3 aromatic rings. The summed E-state index contributed by atoms with van der Waals surface area (Å²) in [5, 5.41) is 4.35. The van der Waals surface area contributed by atoms with E-state index in [1.165, 1.54) is 24.3 Å². The van der Waals surface area contributed by atoms with Crippen molar-refractivity contribution >= 4 is 11.6 Å². The van der Waals surface area contributed by atoms with E-state index >= 15 is 0 Å². The van der Waals surface area contributed by atoms with Crippen molar-refractivity contribution in [2.24, 2.45) is 0 Å². The van der Waals surface area contributed by atoms with Crippen LogP contribution < -0.4 is 15.4 Å². The van der Waals surface area contributed by atoms with Gasteiger partial charge in [-0.25, -0.2) is 4.39 Å². The minimum atomic E-state index is -2.89. The molecule has 0 aliphatic heterocycles. The molecule has 1 amide bonds. The van der Waals surface area contributed by atoms with Crippen molar-refractivity contribution in [2.75, 3.05) is 11.9 Å². The molecule has 3 N–H and O–H groups in total. The predicted molar refractivity (Wildman–Crippen MR) is 103 cm³/mol. The molecule has 0 unspecified atom stereocenters. The summed E-state index contributed by atoms with van der Waals surface area (Å²) < 4.78 is 42.8. The Bertz CT molecular complexity index is 934. The second kappa shape index (κ2) is 9.75. The summed E-state index contributed by atoms with van der Waals surface area (Å²) in [4.78, 5) is 12.3. The first-order chi connectivity index (χ1) is 14.0. The fourth-order valence-electron chi connectivity index (χ4n) is 2.97. The van der Waals surface area contributed by atoms with Gasteiger partial charge in [-0.3, -0.25) is 4.79 Å². The smallest absolute Gasteiger partial charge is 0.387 e. The summed E-state index contributed by atoms with van der Waals surface area (Å²) in [6, 6.07) is 21.5. The van der Waals surface area contributed by atoms with Gasteiger partial charge in [-0.2, -0.15) is 8.78 Å². The van der Waals surface area contributed by atoms with Crippen LogP contribution in [0.5, 0.6) is 5.75 Å². The second-order valence-electron chi connectivity index (χ2n) is 6.30. The first-order valence-electron chi connectivity index (χ1n) is 9.00. The Labute approximate surface area is 166 Å². The summed E-state index contributed by atoms with van der Waals surface area (Å²) in [5.74, 6) is -0.795. The van der Waals surface area contributed by atoms with E-state index in [1.807, 2.05) is 30.3 Å². The SMILES string of the molecule is O=C(C[NH2+][C@@H](c1ccccc1)c1ccc(OC(F)F)cc1)Nc1ccccc1F. The molecule has 7 heteroatoms. The van der Waals surface area contributed by atoms with Crippen LogP contribution in [0.25, 0.3) is 0 Å². The lowest BCUT2D eigenvalue weighted by Crippen LogP contribution is -2.87. The molecule has 0 fully saturated rings. The predicted octanol–water partition coefficient (Wildman–Crippen LogP) is 3.72. The quantitative estimate of drug-likeness (QED) is 0.605. The summed E-state index contributed by atoms with van der Waals surface area (Å²) >= 11 is 0. The average molecular weight is 401 g/mol. The average Bonchev–Trinajstić information content (AvgIpc) is 2.71. The Morgan fingerprint density at radius 2 is 1.52 bits per heavy atom. The molecule has 3 rings (SSSR count). The number of alkyl halides is 2. The van der Waals surface area contributed by atoms with Crippen LogP contribution in [0.3, 0.4) is 0 Å². The number of hydrogen-bond acceptors (Lipinski definition) is 2. The maximum Gasteiger partial charge on any atom is 0.387 e. The van der Waals surface area contributed by atoms with E-state index in [-0.39, 0.29) is 29.9 Å². The van der Waals surface area contributed by atoms with Gasteiger partial charge in [-0.05, 0) is 36.4 Å². The Hall–Kier alpha value is -3.32. The Balaban J connectivity index is 1.73. The maximum absolute atomic E-state index is 13.7. The van der Waals surface area contributed by atoms with Gasteiger partial charge < -0.3 is 15.4 Å². The molecule has 150 valence electrons. The highest BCUT2D eigenvalue weighted by molar-refractivity contribution is 5.91. The molecule has 1 atom stereocenters. The van der Waals surface area contributed by atoms with Gasteiger partial charge in [-0.1, -0.05) is 42.5 Å². The van der Waals surface area contributed by atoms with Gasteiger partial charge in [0.25, 0.3) is 5.91 Å². The van der Waals surface area contributed by atoms with E-state index in [2.05, 4.69) is 10.1 Å². The number of halogens is 3. The van der Waals surface area contributed by atoms with E-state index in [0.29, 0.717) is 0 Å². The largest absolute Gasteiger partial charge is 0.435 e. The topological polar surface area (TPSA) is 54.9 Å². The number of para-hydroxylation sites is 1. The van der Waals surface area contributed by atoms with Gasteiger partial charge in [0.15, 0.2) is 6.54 Å². The summed E-state index contributed by atoms with van der Waals surface area (Å²) in [7, 11) is 0. The highest BCUT2D eigenvalue weighted by atomic mass is 19.3. The van der Waals surface area contributed by atoms with E-state index in [0.717, 1.165) is 11.1 Å². The van der Waals surface area contributed by atoms with Gasteiger partial charge in [0.1, 0.15) is 17.6 Å². The lowest BCUT2D eigenvalue weighted by Gasteiger charge is -2.17. The molecule has 0 saturated heterocycles. The van der Waals surface area contributed by atoms with Crippen molar-refractivity contribution in [2.45, 2.75) is 12.7 Å². The Morgan fingerprint density at radius 3 is 2.17 bits per heavy atom. The second-order valence-corrected chi connectivity index (χ2v) is 6.30. The number of amides is 1. The molecule has 4 nitrogen and oxygen atoms in total. The molecule has 0 aromatic heterocycles. The molecular weight excluding hydrogens is 381 g/mol. The maximum atomic E-state index is 13.7. The zero-order valence-corrected chi connectivity index (χ0v) is 15.4. The molecule has 0 aliphatic rings. The molecular formula is C22H20F3N2O2+. The lowest BCUT2D eigenvalue weighted by atomic mass is 9.98. The molecule has 0 heterocycles. The van der Waals surface area contributed by atoms with Gasteiger partial charge in [0, 0.05) is 11.1 Å². The first kappa shape index (κ1) is 20.4. The van der Waals surface area contributed by atoms with Crippen LogP contribution in [0, 0.1) is 5.82 Å². The van der Waals surface area contributed by atoms with E-state index < -0.39 is 12.4 Å². The zero-order valence-electron chi connectivity index (χ0n) is 15.4. The number of carbonyl (C=O) groups is 1. The van der Waals surface area contributed by atoms with Crippen LogP contribution in [-0.4, -0.2) is 19.1 Å². The third-order valence-corrected chi connectivity index (χ3v) is 4.31. The highest BCUT2D eigenvalue weighted by Crippen LogP contribution is 2.22. The third kappa shape index (κ3) is 5.83. The number of anilines is 1. The minimum Gasteiger partial charge on any atom is -0.435 e. The summed E-state index contributed by atoms with van der Waals surface area (Å²) in [6.07, 6.45) is 0. The van der Waals surface area contributed by atoms with Crippen molar-refractivity contribution < 1.29 is 28.0 Å². The molecule has 29 heavy (non-hydrogen) atoms. The van der Waals surface area contributed by atoms with E-state index in [1.54, 1.807) is 29.6 Å². The van der Waals surface area contributed by atoms with E-state index in [4.69, 9.17) is 0 Å². The van der Waals surface area contributed by atoms with E-state index in [9.17, 15) is 18.0 Å². The van der Waals surface area contributed by atoms with Crippen LogP contribution in [0.2, 0.25) is 0 Å². The molecule has 0 aliphatic carbocycles. The Kier molecular flexibility index (Phi) is 6.86. The molecule has 0 spiro atoms. The normalized spacial score (nSPS) is 11.9. The fourth-order valence-corrected chi connectivity index (χ4v) is 2.97. The summed E-state index contributed by atoms with van der Waals surface area (Å²) in [6.45, 7) is -2.84. The lowest BCUT2D eigenvalue weighted by molar-refractivity contribution is -0.676. The van der Waals surface area contributed by atoms with Crippen LogP contribution in [0.4, 0.5) is 18.9 Å². The molecule has 0 bridgehead atoms. The number of nitrogens with one attached hydrogen (secondary N) is 1. The number of rotatable bonds is 8. The van der Waals surface area contributed by atoms with Crippen LogP contribution in [-0.2, 0) is 4.79 Å². The number of carbonyl (C=O) groups excluding carboxylic acids is 1. The van der Waals surface area contributed by atoms with Crippen LogP contribution >= 0.6 is 0 Å². The number of nitrogens with two attached hydrogens (primary N) is 1. The minimum absolute atomic E-state index is 0.0448. The highest BCUT2D eigenvalue weighted by Gasteiger charge is 2.20. The number of quaternary nitrogens is 1. The number of hydrogen-bond donors (Lipinski definition) is 2.